The molecule has 6 nitrogen and oxygen atoms in total. The van der Waals surface area contributed by atoms with Gasteiger partial charge in [-0.15, -0.1) is 0 Å². The van der Waals surface area contributed by atoms with Crippen molar-refractivity contribution in [3.05, 3.63) is 41.5 Å². The number of hydrogen-bond acceptors (Lipinski definition) is 4. The van der Waals surface area contributed by atoms with Gasteiger partial charge in [0.05, 0.1) is 7.11 Å². The molecule has 6 heteroatoms. The molecule has 1 aliphatic heterocycles. The van der Waals surface area contributed by atoms with Gasteiger partial charge in [0.15, 0.2) is 0 Å². The number of aliphatic hydroxyl groups is 1. The highest BCUT2D eigenvalue weighted by atomic mass is 16.5. The number of methoxy groups -OCH3 is 1. The summed E-state index contributed by atoms with van der Waals surface area (Å²) in [5, 5.41) is 9.47. The highest BCUT2D eigenvalue weighted by Gasteiger charge is 2.26. The summed E-state index contributed by atoms with van der Waals surface area (Å²) in [6.45, 7) is 1.14. The zero-order valence-corrected chi connectivity index (χ0v) is 13.2. The summed E-state index contributed by atoms with van der Waals surface area (Å²) in [6, 6.07) is 7.85. The van der Waals surface area contributed by atoms with Crippen molar-refractivity contribution in [2.24, 2.45) is 5.73 Å². The minimum Gasteiger partial charge on any atom is -0.497 e. The van der Waals surface area contributed by atoms with Crippen molar-refractivity contribution >= 4 is 11.8 Å². The summed E-state index contributed by atoms with van der Waals surface area (Å²) in [5.74, 6) is -0.116. The predicted molar refractivity (Wildman–Crippen MR) is 85.8 cm³/mol. The number of carbonyl (C=O) groups excluding carboxylic acids is 2. The molecule has 23 heavy (non-hydrogen) atoms. The lowest BCUT2D eigenvalue weighted by Crippen LogP contribution is -2.32. The molecule has 0 aromatic heterocycles. The molecule has 0 fully saturated rings. The van der Waals surface area contributed by atoms with Gasteiger partial charge in [0.2, 0.25) is 11.8 Å². The van der Waals surface area contributed by atoms with Crippen LogP contribution in [0.15, 0.2) is 35.9 Å². The minimum absolute atomic E-state index is 0.0133. The van der Waals surface area contributed by atoms with Gasteiger partial charge in [0.25, 0.3) is 0 Å². The van der Waals surface area contributed by atoms with E-state index in [0.717, 1.165) is 24.2 Å². The summed E-state index contributed by atoms with van der Waals surface area (Å²) in [6.07, 6.45) is 2.11. The third-order valence-electron chi connectivity index (χ3n) is 3.89. The van der Waals surface area contributed by atoms with Crippen LogP contribution in [0.2, 0.25) is 0 Å². The first-order valence-electron chi connectivity index (χ1n) is 7.60. The second-order valence-corrected chi connectivity index (χ2v) is 5.56. The van der Waals surface area contributed by atoms with E-state index in [0.29, 0.717) is 18.7 Å². The van der Waals surface area contributed by atoms with E-state index in [-0.39, 0.29) is 12.3 Å². The van der Waals surface area contributed by atoms with Crippen LogP contribution in [-0.2, 0) is 16.0 Å². The van der Waals surface area contributed by atoms with Crippen LogP contribution in [-0.4, -0.2) is 48.1 Å². The number of nitrogens with two attached hydrogens (primary N) is 1. The Hall–Kier alpha value is -2.34. The number of primary amides is 1. The number of amides is 2. The molecule has 1 heterocycles. The zero-order valence-electron chi connectivity index (χ0n) is 13.2. The number of carbonyl (C=O) groups is 2. The SMILES string of the molecule is COc1cccc(CCCN2CC=C(CC(O)C(N)=O)C2=O)c1. The molecule has 0 radical (unpaired) electrons. The van der Waals surface area contributed by atoms with Crippen molar-refractivity contribution in [3.63, 3.8) is 0 Å². The third kappa shape index (κ3) is 4.56. The van der Waals surface area contributed by atoms with Crippen molar-refractivity contribution < 1.29 is 19.4 Å². The van der Waals surface area contributed by atoms with E-state index in [4.69, 9.17) is 10.5 Å². The van der Waals surface area contributed by atoms with E-state index in [1.807, 2.05) is 24.3 Å². The third-order valence-corrected chi connectivity index (χ3v) is 3.89. The van der Waals surface area contributed by atoms with Crippen LogP contribution in [0, 0.1) is 0 Å². The number of aliphatic hydroxyl groups excluding tert-OH is 1. The summed E-state index contributed by atoms with van der Waals surface area (Å²) >= 11 is 0. The lowest BCUT2D eigenvalue weighted by Gasteiger charge is -2.17. The fraction of sp³-hybridized carbons (Fsp3) is 0.412. The zero-order chi connectivity index (χ0) is 16.8. The quantitative estimate of drug-likeness (QED) is 0.735. The van der Waals surface area contributed by atoms with Crippen LogP contribution in [0.25, 0.3) is 0 Å². The van der Waals surface area contributed by atoms with Crippen molar-refractivity contribution in [3.8, 4) is 5.75 Å². The molecule has 124 valence electrons. The Kier molecular flexibility index (Phi) is 5.76. The Labute approximate surface area is 135 Å². The molecule has 0 spiro atoms. The average molecular weight is 318 g/mol. The number of hydrogen-bond donors (Lipinski definition) is 2. The molecule has 1 unspecified atom stereocenters. The molecule has 3 N–H and O–H groups in total. The molecular weight excluding hydrogens is 296 g/mol. The Morgan fingerprint density at radius 3 is 2.96 bits per heavy atom. The summed E-state index contributed by atoms with van der Waals surface area (Å²) < 4.78 is 5.19. The van der Waals surface area contributed by atoms with Crippen LogP contribution in [0.4, 0.5) is 0 Å². The molecule has 0 saturated heterocycles. The Bertz CT molecular complexity index is 612. The van der Waals surface area contributed by atoms with E-state index in [1.165, 1.54) is 0 Å². The Morgan fingerprint density at radius 2 is 2.26 bits per heavy atom. The highest BCUT2D eigenvalue weighted by Crippen LogP contribution is 2.18. The normalized spacial score (nSPS) is 15.5. The van der Waals surface area contributed by atoms with Gasteiger partial charge in [-0.25, -0.2) is 0 Å². The first-order chi connectivity index (χ1) is 11.0. The Balaban J connectivity index is 1.79. The van der Waals surface area contributed by atoms with Crippen LogP contribution in [0.1, 0.15) is 18.4 Å². The number of ether oxygens (including phenoxy) is 1. The van der Waals surface area contributed by atoms with Gasteiger partial charge in [-0.3, -0.25) is 9.59 Å². The Morgan fingerprint density at radius 1 is 1.48 bits per heavy atom. The van der Waals surface area contributed by atoms with Crippen LogP contribution >= 0.6 is 0 Å². The van der Waals surface area contributed by atoms with Gasteiger partial charge in [-0.2, -0.15) is 0 Å². The second-order valence-electron chi connectivity index (χ2n) is 5.56. The van der Waals surface area contributed by atoms with Crippen molar-refractivity contribution in [2.45, 2.75) is 25.4 Å². The predicted octanol–water partition coefficient (Wildman–Crippen LogP) is 0.633. The van der Waals surface area contributed by atoms with Crippen molar-refractivity contribution in [2.75, 3.05) is 20.2 Å². The van der Waals surface area contributed by atoms with E-state index in [1.54, 1.807) is 18.1 Å². The molecule has 1 aromatic rings. The maximum absolute atomic E-state index is 12.2. The molecule has 0 aliphatic carbocycles. The standard InChI is InChI=1S/C17H22N2O4/c1-23-14-6-2-4-12(10-14)5-3-8-19-9-7-13(17(19)22)11-15(20)16(18)21/h2,4,6-7,10,15,20H,3,5,8-9,11H2,1H3,(H2,18,21). The molecule has 2 rings (SSSR count). The number of rotatable bonds is 8. The molecular formula is C17H22N2O4. The van der Waals surface area contributed by atoms with Gasteiger partial charge in [0, 0.05) is 25.1 Å². The summed E-state index contributed by atoms with van der Waals surface area (Å²) in [4.78, 5) is 24.8. The molecule has 1 atom stereocenters. The van der Waals surface area contributed by atoms with Crippen LogP contribution in [0.5, 0.6) is 5.75 Å². The fourth-order valence-corrected chi connectivity index (χ4v) is 2.57. The van der Waals surface area contributed by atoms with Gasteiger partial charge in [0.1, 0.15) is 11.9 Å². The second kappa shape index (κ2) is 7.78. The van der Waals surface area contributed by atoms with Gasteiger partial charge in [-0.05, 0) is 30.5 Å². The minimum atomic E-state index is -1.30. The number of benzene rings is 1. The van der Waals surface area contributed by atoms with Gasteiger partial charge in [-0.1, -0.05) is 18.2 Å². The first kappa shape index (κ1) is 17.0. The first-order valence-corrected chi connectivity index (χ1v) is 7.60. The molecule has 0 saturated carbocycles. The van der Waals surface area contributed by atoms with Crippen molar-refractivity contribution in [1.29, 1.82) is 0 Å². The van der Waals surface area contributed by atoms with E-state index in [2.05, 4.69) is 0 Å². The lowest BCUT2D eigenvalue weighted by atomic mass is 10.1. The molecule has 1 aliphatic rings. The molecule has 2 amide bonds. The topological polar surface area (TPSA) is 92.9 Å². The number of aryl methyl sites for hydroxylation is 1. The van der Waals surface area contributed by atoms with E-state index >= 15 is 0 Å². The largest absolute Gasteiger partial charge is 0.497 e. The smallest absolute Gasteiger partial charge is 0.249 e. The maximum Gasteiger partial charge on any atom is 0.249 e. The van der Waals surface area contributed by atoms with E-state index in [9.17, 15) is 14.7 Å². The fourth-order valence-electron chi connectivity index (χ4n) is 2.57. The number of nitrogens with zero attached hydrogens (tertiary/aromatic N) is 1. The highest BCUT2D eigenvalue weighted by molar-refractivity contribution is 5.96. The van der Waals surface area contributed by atoms with Gasteiger partial charge < -0.3 is 20.5 Å². The molecule has 0 bridgehead atoms. The average Bonchev–Trinajstić information content (AvgIpc) is 2.88. The summed E-state index contributed by atoms with van der Waals surface area (Å²) in [5.41, 5.74) is 6.63. The van der Waals surface area contributed by atoms with Crippen molar-refractivity contribution in [1.82, 2.24) is 4.90 Å². The van der Waals surface area contributed by atoms with Gasteiger partial charge >= 0.3 is 0 Å². The molecule has 1 aromatic carbocycles. The van der Waals surface area contributed by atoms with Crippen LogP contribution in [0.3, 0.4) is 0 Å². The lowest BCUT2D eigenvalue weighted by molar-refractivity contribution is -0.127. The summed E-state index contributed by atoms with van der Waals surface area (Å²) in [7, 11) is 1.63. The maximum atomic E-state index is 12.2. The van der Waals surface area contributed by atoms with E-state index < -0.39 is 12.0 Å². The monoisotopic (exact) mass is 318 g/mol. The van der Waals surface area contributed by atoms with Crippen LogP contribution < -0.4 is 10.5 Å².